The quantitative estimate of drug-likeness (QED) is 0.819. The number of pyridine rings is 1. The number of methoxy groups -OCH3 is 1. The first-order valence-electron chi connectivity index (χ1n) is 5.17. The molecule has 1 amide bonds. The van der Waals surface area contributed by atoms with Crippen LogP contribution in [0.1, 0.15) is 16.8 Å². The van der Waals surface area contributed by atoms with Crippen molar-refractivity contribution in [3.05, 3.63) is 28.5 Å². The summed E-state index contributed by atoms with van der Waals surface area (Å²) >= 11 is 3.19. The Morgan fingerprint density at radius 2 is 2.28 bits per heavy atom. The number of aliphatic carboxylic acids is 1. The predicted octanol–water partition coefficient (Wildman–Crippen LogP) is 1.06. The topological polar surface area (TPSA) is 88.5 Å². The Morgan fingerprint density at radius 1 is 1.56 bits per heavy atom. The smallest absolute Gasteiger partial charge is 0.326 e. The molecule has 6 nitrogen and oxygen atoms in total. The molecule has 1 aromatic rings. The normalized spacial score (nSPS) is 11.9. The summed E-state index contributed by atoms with van der Waals surface area (Å²) in [4.78, 5) is 26.6. The molecule has 18 heavy (non-hydrogen) atoms. The zero-order valence-electron chi connectivity index (χ0n) is 9.72. The van der Waals surface area contributed by atoms with Gasteiger partial charge in [0.2, 0.25) is 0 Å². The van der Waals surface area contributed by atoms with Crippen LogP contribution in [0.4, 0.5) is 0 Å². The van der Waals surface area contributed by atoms with Crippen molar-refractivity contribution in [3.63, 3.8) is 0 Å². The Bertz CT molecular complexity index is 439. The molecule has 0 saturated carbocycles. The average molecular weight is 317 g/mol. The van der Waals surface area contributed by atoms with E-state index in [1.54, 1.807) is 6.07 Å². The fourth-order valence-corrected chi connectivity index (χ4v) is 1.64. The number of rotatable bonds is 6. The van der Waals surface area contributed by atoms with E-state index in [0.717, 1.165) is 0 Å². The highest BCUT2D eigenvalue weighted by Gasteiger charge is 2.20. The van der Waals surface area contributed by atoms with E-state index in [9.17, 15) is 9.59 Å². The summed E-state index contributed by atoms with van der Waals surface area (Å²) in [5, 5.41) is 11.4. The summed E-state index contributed by atoms with van der Waals surface area (Å²) in [5.74, 6) is -1.57. The number of aromatic nitrogens is 1. The van der Waals surface area contributed by atoms with Crippen LogP contribution in [0.2, 0.25) is 0 Å². The number of carbonyl (C=O) groups excluding carboxylic acids is 1. The van der Waals surface area contributed by atoms with Gasteiger partial charge in [-0.3, -0.25) is 9.78 Å². The van der Waals surface area contributed by atoms with E-state index in [4.69, 9.17) is 9.84 Å². The number of halogens is 1. The van der Waals surface area contributed by atoms with Crippen molar-refractivity contribution in [2.45, 2.75) is 12.5 Å². The lowest BCUT2D eigenvalue weighted by Gasteiger charge is -2.13. The second kappa shape index (κ2) is 7.07. The van der Waals surface area contributed by atoms with Gasteiger partial charge in [-0.15, -0.1) is 0 Å². The van der Waals surface area contributed by atoms with Crippen LogP contribution in [0, 0.1) is 0 Å². The zero-order valence-corrected chi connectivity index (χ0v) is 11.3. The molecule has 0 fully saturated rings. The third kappa shape index (κ3) is 4.42. The third-order valence-corrected chi connectivity index (χ3v) is 2.61. The average Bonchev–Trinajstić information content (AvgIpc) is 2.33. The Morgan fingerprint density at radius 3 is 2.83 bits per heavy atom. The second-order valence-electron chi connectivity index (χ2n) is 3.54. The van der Waals surface area contributed by atoms with Gasteiger partial charge in [-0.05, 0) is 22.0 Å². The molecule has 2 N–H and O–H groups in total. The van der Waals surface area contributed by atoms with Crippen molar-refractivity contribution >= 4 is 27.8 Å². The van der Waals surface area contributed by atoms with Gasteiger partial charge in [0.1, 0.15) is 6.04 Å². The summed E-state index contributed by atoms with van der Waals surface area (Å²) < 4.78 is 5.45. The summed E-state index contributed by atoms with van der Waals surface area (Å²) in [6.45, 7) is 0.258. The van der Waals surface area contributed by atoms with Crippen LogP contribution >= 0.6 is 15.9 Å². The van der Waals surface area contributed by atoms with Crippen LogP contribution in [0.3, 0.4) is 0 Å². The van der Waals surface area contributed by atoms with E-state index in [0.29, 0.717) is 10.0 Å². The van der Waals surface area contributed by atoms with Crippen molar-refractivity contribution in [3.8, 4) is 0 Å². The first kappa shape index (κ1) is 14.6. The molecule has 1 rings (SSSR count). The highest BCUT2D eigenvalue weighted by molar-refractivity contribution is 9.10. The highest BCUT2D eigenvalue weighted by atomic mass is 79.9. The molecular formula is C11H13BrN2O4. The van der Waals surface area contributed by atoms with Gasteiger partial charge in [-0.25, -0.2) is 4.79 Å². The third-order valence-electron chi connectivity index (χ3n) is 2.18. The van der Waals surface area contributed by atoms with Crippen LogP contribution in [-0.2, 0) is 9.53 Å². The van der Waals surface area contributed by atoms with Gasteiger partial charge in [0.25, 0.3) is 5.91 Å². The summed E-state index contributed by atoms with van der Waals surface area (Å²) in [7, 11) is 1.47. The zero-order chi connectivity index (χ0) is 13.5. The molecular weight excluding hydrogens is 304 g/mol. The van der Waals surface area contributed by atoms with Crippen LogP contribution < -0.4 is 5.32 Å². The van der Waals surface area contributed by atoms with Crippen LogP contribution in [0.5, 0.6) is 0 Å². The van der Waals surface area contributed by atoms with Gasteiger partial charge >= 0.3 is 5.97 Å². The number of amides is 1. The molecule has 0 radical (unpaired) electrons. The lowest BCUT2D eigenvalue weighted by atomic mass is 10.2. The van der Waals surface area contributed by atoms with Gasteiger partial charge < -0.3 is 15.2 Å². The fourth-order valence-electron chi connectivity index (χ4n) is 1.27. The van der Waals surface area contributed by atoms with Crippen LogP contribution in [-0.4, -0.2) is 41.7 Å². The van der Waals surface area contributed by atoms with Crippen molar-refractivity contribution in [2.24, 2.45) is 0 Å². The molecule has 0 aromatic carbocycles. The molecule has 7 heteroatoms. The van der Waals surface area contributed by atoms with Crippen molar-refractivity contribution in [1.82, 2.24) is 10.3 Å². The summed E-state index contributed by atoms with van der Waals surface area (Å²) in [6.07, 6.45) is 3.12. The van der Waals surface area contributed by atoms with E-state index in [1.165, 1.54) is 19.5 Å². The highest BCUT2D eigenvalue weighted by Crippen LogP contribution is 2.09. The Labute approximate surface area is 112 Å². The lowest BCUT2D eigenvalue weighted by molar-refractivity contribution is -0.139. The van der Waals surface area contributed by atoms with Crippen LogP contribution in [0.25, 0.3) is 0 Å². The number of hydrogen-bond donors (Lipinski definition) is 2. The molecule has 98 valence electrons. The van der Waals surface area contributed by atoms with Crippen LogP contribution in [0.15, 0.2) is 22.9 Å². The van der Waals surface area contributed by atoms with E-state index in [2.05, 4.69) is 26.2 Å². The molecule has 1 unspecified atom stereocenters. The minimum absolute atomic E-state index is 0.207. The minimum Gasteiger partial charge on any atom is -0.480 e. The van der Waals surface area contributed by atoms with E-state index in [-0.39, 0.29) is 13.0 Å². The molecule has 0 aliphatic carbocycles. The summed E-state index contributed by atoms with van der Waals surface area (Å²) in [6, 6.07) is 0.592. The monoisotopic (exact) mass is 316 g/mol. The molecule has 0 bridgehead atoms. The lowest BCUT2D eigenvalue weighted by Crippen LogP contribution is -2.41. The number of nitrogens with one attached hydrogen (secondary N) is 1. The second-order valence-corrected chi connectivity index (χ2v) is 4.45. The standard InChI is InChI=1S/C11H13BrN2O4/c1-18-3-2-9(11(16)17)14-10(15)7-4-8(12)6-13-5-7/h4-6,9H,2-3H2,1H3,(H,14,15)(H,16,17). The molecule has 1 aromatic heterocycles. The number of ether oxygens (including phenoxy) is 1. The Balaban J connectivity index is 2.69. The van der Waals surface area contributed by atoms with E-state index < -0.39 is 17.9 Å². The number of carboxylic acids is 1. The maximum atomic E-state index is 11.8. The van der Waals surface area contributed by atoms with Gasteiger partial charge in [-0.1, -0.05) is 0 Å². The van der Waals surface area contributed by atoms with E-state index in [1.807, 2.05) is 0 Å². The molecule has 0 aliphatic rings. The predicted molar refractivity (Wildman–Crippen MR) is 67.3 cm³/mol. The fraction of sp³-hybridized carbons (Fsp3) is 0.364. The minimum atomic E-state index is -1.09. The number of hydrogen-bond acceptors (Lipinski definition) is 4. The Hall–Kier alpha value is -1.47. The molecule has 1 atom stereocenters. The van der Waals surface area contributed by atoms with Crippen molar-refractivity contribution in [1.29, 1.82) is 0 Å². The maximum Gasteiger partial charge on any atom is 0.326 e. The number of carboxylic acid groups (broad SMARTS) is 1. The van der Waals surface area contributed by atoms with E-state index >= 15 is 0 Å². The first-order chi connectivity index (χ1) is 8.54. The van der Waals surface area contributed by atoms with Gasteiger partial charge in [0.15, 0.2) is 0 Å². The van der Waals surface area contributed by atoms with Gasteiger partial charge in [-0.2, -0.15) is 0 Å². The van der Waals surface area contributed by atoms with Gasteiger partial charge in [0, 0.05) is 37.0 Å². The largest absolute Gasteiger partial charge is 0.480 e. The molecule has 1 heterocycles. The van der Waals surface area contributed by atoms with Crippen molar-refractivity contribution in [2.75, 3.05) is 13.7 Å². The summed E-state index contributed by atoms with van der Waals surface area (Å²) in [5.41, 5.74) is 0.299. The molecule has 0 aliphatic heterocycles. The number of carbonyl (C=O) groups is 2. The maximum absolute atomic E-state index is 11.8. The SMILES string of the molecule is COCCC(NC(=O)c1cncc(Br)c1)C(=O)O. The molecule has 0 saturated heterocycles. The Kier molecular flexibility index (Phi) is 5.73. The number of nitrogens with zero attached hydrogens (tertiary/aromatic N) is 1. The van der Waals surface area contributed by atoms with Gasteiger partial charge in [0.05, 0.1) is 5.56 Å². The van der Waals surface area contributed by atoms with Crippen molar-refractivity contribution < 1.29 is 19.4 Å². The first-order valence-corrected chi connectivity index (χ1v) is 5.97. The molecule has 0 spiro atoms.